The molecular formula is C16H17BrN2O2. The van der Waals surface area contributed by atoms with E-state index >= 15 is 0 Å². The minimum atomic E-state index is -0.514. The van der Waals surface area contributed by atoms with Crippen molar-refractivity contribution in [1.29, 1.82) is 0 Å². The van der Waals surface area contributed by atoms with Gasteiger partial charge in [0.05, 0.1) is 5.69 Å². The molecule has 5 heteroatoms. The van der Waals surface area contributed by atoms with Gasteiger partial charge in [-0.2, -0.15) is 0 Å². The molecule has 4 N–H and O–H groups in total. The van der Waals surface area contributed by atoms with E-state index in [2.05, 4.69) is 29.8 Å². The first-order valence-corrected chi connectivity index (χ1v) is 7.34. The summed E-state index contributed by atoms with van der Waals surface area (Å²) in [5, 5.41) is 0. The van der Waals surface area contributed by atoms with Crippen LogP contribution in [0, 0.1) is 0 Å². The molecule has 0 heterocycles. The fraction of sp³-hybridized carbons (Fsp3) is 0.188. The third-order valence-corrected chi connectivity index (χ3v) is 3.61. The summed E-state index contributed by atoms with van der Waals surface area (Å²) in [5.41, 5.74) is 13.1. The van der Waals surface area contributed by atoms with Gasteiger partial charge in [-0.25, -0.2) is 0 Å². The molecule has 1 amide bonds. The molecule has 21 heavy (non-hydrogen) atoms. The Morgan fingerprint density at radius 2 is 1.86 bits per heavy atom. The van der Waals surface area contributed by atoms with Crippen molar-refractivity contribution in [3.63, 3.8) is 0 Å². The molecule has 2 aromatic rings. The van der Waals surface area contributed by atoms with Crippen LogP contribution < -0.4 is 16.2 Å². The summed E-state index contributed by atoms with van der Waals surface area (Å²) in [6, 6.07) is 10.5. The molecule has 0 aliphatic carbocycles. The lowest BCUT2D eigenvalue weighted by atomic mass is 10.0. The summed E-state index contributed by atoms with van der Waals surface area (Å²) in [6.45, 7) is 4.16. The van der Waals surface area contributed by atoms with Crippen molar-refractivity contribution in [3.05, 3.63) is 52.0 Å². The van der Waals surface area contributed by atoms with Crippen LogP contribution in [0.5, 0.6) is 11.5 Å². The van der Waals surface area contributed by atoms with Gasteiger partial charge in [-0.05, 0) is 47.9 Å². The molecule has 0 aliphatic rings. The van der Waals surface area contributed by atoms with Crippen LogP contribution in [0.15, 0.2) is 40.9 Å². The number of amides is 1. The number of nitrogens with two attached hydrogens (primary N) is 2. The maximum Gasteiger partial charge on any atom is 0.248 e. The lowest BCUT2D eigenvalue weighted by Crippen LogP contribution is -2.11. The summed E-state index contributed by atoms with van der Waals surface area (Å²) in [7, 11) is 0. The maximum absolute atomic E-state index is 11.3. The fourth-order valence-corrected chi connectivity index (χ4v) is 2.34. The Kier molecular flexibility index (Phi) is 4.53. The summed E-state index contributed by atoms with van der Waals surface area (Å²) in [4.78, 5) is 11.3. The van der Waals surface area contributed by atoms with E-state index in [0.717, 1.165) is 10.0 Å². The molecule has 0 saturated heterocycles. The predicted octanol–water partition coefficient (Wildman–Crippen LogP) is 4.05. The molecule has 0 saturated carbocycles. The number of rotatable bonds is 4. The van der Waals surface area contributed by atoms with E-state index in [9.17, 15) is 4.79 Å². The highest BCUT2D eigenvalue weighted by molar-refractivity contribution is 9.10. The van der Waals surface area contributed by atoms with Crippen molar-refractivity contribution in [1.82, 2.24) is 0 Å². The Bertz CT molecular complexity index is 684. The van der Waals surface area contributed by atoms with Crippen molar-refractivity contribution in [3.8, 4) is 11.5 Å². The van der Waals surface area contributed by atoms with Gasteiger partial charge >= 0.3 is 0 Å². The standard InChI is InChI=1S/C16H17BrN2O2/c1-9(2)12-8-11(17)4-6-14(12)21-15-7-10(16(19)20)3-5-13(15)18/h3-9H,18H2,1-2H3,(H2,19,20). The molecular weight excluding hydrogens is 332 g/mol. The van der Waals surface area contributed by atoms with Crippen molar-refractivity contribution in [2.24, 2.45) is 5.73 Å². The van der Waals surface area contributed by atoms with E-state index in [-0.39, 0.29) is 5.92 Å². The zero-order valence-corrected chi connectivity index (χ0v) is 13.5. The number of ether oxygens (including phenoxy) is 1. The second-order valence-corrected chi connectivity index (χ2v) is 5.97. The van der Waals surface area contributed by atoms with Gasteiger partial charge in [-0.1, -0.05) is 29.8 Å². The van der Waals surface area contributed by atoms with Crippen LogP contribution in [-0.4, -0.2) is 5.91 Å². The second-order valence-electron chi connectivity index (χ2n) is 5.06. The number of primary amides is 1. The Morgan fingerprint density at radius 1 is 1.14 bits per heavy atom. The van der Waals surface area contributed by atoms with Gasteiger partial charge in [0, 0.05) is 10.0 Å². The average Bonchev–Trinajstić information content (AvgIpc) is 2.42. The first kappa shape index (κ1) is 15.4. The Morgan fingerprint density at radius 3 is 2.48 bits per heavy atom. The Labute approximate surface area is 132 Å². The molecule has 0 radical (unpaired) electrons. The molecule has 0 spiro atoms. The number of hydrogen-bond donors (Lipinski definition) is 2. The Hall–Kier alpha value is -2.01. The molecule has 0 fully saturated rings. The highest BCUT2D eigenvalue weighted by atomic mass is 79.9. The van der Waals surface area contributed by atoms with E-state index in [1.54, 1.807) is 18.2 Å². The zero-order chi connectivity index (χ0) is 15.6. The first-order valence-electron chi connectivity index (χ1n) is 6.55. The number of benzene rings is 2. The quantitative estimate of drug-likeness (QED) is 0.818. The van der Waals surface area contributed by atoms with E-state index in [0.29, 0.717) is 22.7 Å². The van der Waals surface area contributed by atoms with E-state index < -0.39 is 5.91 Å². The second kappa shape index (κ2) is 6.18. The summed E-state index contributed by atoms with van der Waals surface area (Å²) < 4.78 is 6.88. The molecule has 4 nitrogen and oxygen atoms in total. The number of hydrogen-bond acceptors (Lipinski definition) is 3. The minimum Gasteiger partial charge on any atom is -0.455 e. The first-order chi connectivity index (χ1) is 9.88. The van der Waals surface area contributed by atoms with Crippen molar-refractivity contribution in [2.75, 3.05) is 5.73 Å². The summed E-state index contributed by atoms with van der Waals surface area (Å²) >= 11 is 3.45. The van der Waals surface area contributed by atoms with Gasteiger partial charge < -0.3 is 16.2 Å². The lowest BCUT2D eigenvalue weighted by molar-refractivity contribution is 0.1000. The number of carbonyl (C=O) groups is 1. The van der Waals surface area contributed by atoms with Gasteiger partial charge in [-0.3, -0.25) is 4.79 Å². The van der Waals surface area contributed by atoms with Crippen molar-refractivity contribution in [2.45, 2.75) is 19.8 Å². The van der Waals surface area contributed by atoms with Crippen LogP contribution in [-0.2, 0) is 0 Å². The molecule has 0 unspecified atom stereocenters. The normalized spacial score (nSPS) is 10.7. The largest absolute Gasteiger partial charge is 0.455 e. The predicted molar refractivity (Wildman–Crippen MR) is 87.7 cm³/mol. The third kappa shape index (κ3) is 3.55. The van der Waals surface area contributed by atoms with E-state index in [1.807, 2.05) is 18.2 Å². The fourth-order valence-electron chi connectivity index (χ4n) is 1.96. The van der Waals surface area contributed by atoms with Crippen molar-refractivity contribution < 1.29 is 9.53 Å². The van der Waals surface area contributed by atoms with Crippen LogP contribution in [0.1, 0.15) is 35.7 Å². The van der Waals surface area contributed by atoms with Crippen LogP contribution in [0.2, 0.25) is 0 Å². The van der Waals surface area contributed by atoms with Gasteiger partial charge in [0.2, 0.25) is 5.91 Å². The molecule has 2 aromatic carbocycles. The topological polar surface area (TPSA) is 78.3 Å². The molecule has 110 valence electrons. The van der Waals surface area contributed by atoms with Gasteiger partial charge in [0.1, 0.15) is 5.75 Å². The number of anilines is 1. The maximum atomic E-state index is 11.3. The van der Waals surface area contributed by atoms with Crippen LogP contribution in [0.4, 0.5) is 5.69 Å². The van der Waals surface area contributed by atoms with Crippen molar-refractivity contribution >= 4 is 27.5 Å². The highest BCUT2D eigenvalue weighted by Gasteiger charge is 2.12. The minimum absolute atomic E-state index is 0.290. The van der Waals surface area contributed by atoms with E-state index in [4.69, 9.17) is 16.2 Å². The molecule has 0 bridgehead atoms. The monoisotopic (exact) mass is 348 g/mol. The Balaban J connectivity index is 2.43. The summed E-state index contributed by atoms with van der Waals surface area (Å²) in [5.74, 6) is 0.912. The van der Waals surface area contributed by atoms with Crippen LogP contribution >= 0.6 is 15.9 Å². The molecule has 0 aliphatic heterocycles. The lowest BCUT2D eigenvalue weighted by Gasteiger charge is -2.15. The molecule has 2 rings (SSSR count). The number of carbonyl (C=O) groups excluding carboxylic acids is 1. The number of halogens is 1. The third-order valence-electron chi connectivity index (χ3n) is 3.11. The smallest absolute Gasteiger partial charge is 0.248 e. The van der Waals surface area contributed by atoms with Crippen LogP contribution in [0.3, 0.4) is 0 Å². The molecule has 0 atom stereocenters. The molecule has 0 aromatic heterocycles. The summed E-state index contributed by atoms with van der Waals surface area (Å²) in [6.07, 6.45) is 0. The van der Waals surface area contributed by atoms with Gasteiger partial charge in [0.25, 0.3) is 0 Å². The SMILES string of the molecule is CC(C)c1cc(Br)ccc1Oc1cc(C(N)=O)ccc1N. The highest BCUT2D eigenvalue weighted by Crippen LogP contribution is 2.35. The van der Waals surface area contributed by atoms with Gasteiger partial charge in [-0.15, -0.1) is 0 Å². The van der Waals surface area contributed by atoms with Gasteiger partial charge in [0.15, 0.2) is 5.75 Å². The number of nitrogen functional groups attached to an aromatic ring is 1. The zero-order valence-electron chi connectivity index (χ0n) is 11.9. The van der Waals surface area contributed by atoms with E-state index in [1.165, 1.54) is 0 Å². The average molecular weight is 349 g/mol. The van der Waals surface area contributed by atoms with Crippen LogP contribution in [0.25, 0.3) is 0 Å².